The van der Waals surface area contributed by atoms with E-state index in [1.807, 2.05) is 0 Å². The standard InChI is InChI=1S/C11H15NO3/c1-6-4-9(6)10(13)12-8-3-2-7(5-8)11(14)15/h2-3,6-9H,4-5H2,1H3,(H,12,13)(H,14,15). The Labute approximate surface area is 88.4 Å². The molecule has 2 N–H and O–H groups in total. The normalized spacial score (nSPS) is 37.7. The summed E-state index contributed by atoms with van der Waals surface area (Å²) in [6.45, 7) is 2.05. The Morgan fingerprint density at radius 2 is 2.00 bits per heavy atom. The van der Waals surface area contributed by atoms with Crippen molar-refractivity contribution in [1.29, 1.82) is 0 Å². The Morgan fingerprint density at radius 1 is 1.33 bits per heavy atom. The van der Waals surface area contributed by atoms with Gasteiger partial charge < -0.3 is 10.4 Å². The number of carbonyl (C=O) groups excluding carboxylic acids is 1. The number of hydrogen-bond donors (Lipinski definition) is 2. The second-order valence-corrected chi connectivity index (χ2v) is 4.50. The van der Waals surface area contributed by atoms with E-state index in [0.29, 0.717) is 12.3 Å². The maximum Gasteiger partial charge on any atom is 0.310 e. The molecule has 0 aromatic carbocycles. The fourth-order valence-corrected chi connectivity index (χ4v) is 1.97. The molecule has 4 nitrogen and oxygen atoms in total. The number of carboxylic acid groups (broad SMARTS) is 1. The van der Waals surface area contributed by atoms with E-state index in [1.54, 1.807) is 12.2 Å². The van der Waals surface area contributed by atoms with E-state index < -0.39 is 11.9 Å². The van der Waals surface area contributed by atoms with Crippen molar-refractivity contribution < 1.29 is 14.7 Å². The molecule has 0 spiro atoms. The summed E-state index contributed by atoms with van der Waals surface area (Å²) in [6, 6.07) is -0.0913. The third-order valence-electron chi connectivity index (χ3n) is 3.17. The first-order valence-electron chi connectivity index (χ1n) is 5.29. The Balaban J connectivity index is 1.80. The highest BCUT2D eigenvalue weighted by Gasteiger charge is 2.40. The lowest BCUT2D eigenvalue weighted by Crippen LogP contribution is -2.34. The van der Waals surface area contributed by atoms with Gasteiger partial charge in [0.2, 0.25) is 5.91 Å². The summed E-state index contributed by atoms with van der Waals surface area (Å²) in [7, 11) is 0. The average molecular weight is 209 g/mol. The number of rotatable bonds is 3. The van der Waals surface area contributed by atoms with E-state index in [9.17, 15) is 9.59 Å². The van der Waals surface area contributed by atoms with Gasteiger partial charge in [-0.05, 0) is 18.8 Å². The van der Waals surface area contributed by atoms with Crippen LogP contribution in [-0.2, 0) is 9.59 Å². The van der Waals surface area contributed by atoms with E-state index in [2.05, 4.69) is 12.2 Å². The lowest BCUT2D eigenvalue weighted by molar-refractivity contribution is -0.140. The van der Waals surface area contributed by atoms with Gasteiger partial charge in [0.05, 0.1) is 5.92 Å². The zero-order valence-electron chi connectivity index (χ0n) is 8.64. The zero-order valence-corrected chi connectivity index (χ0v) is 8.64. The summed E-state index contributed by atoms with van der Waals surface area (Å²) in [5, 5.41) is 11.6. The first-order valence-corrected chi connectivity index (χ1v) is 5.29. The van der Waals surface area contributed by atoms with Gasteiger partial charge in [-0.25, -0.2) is 0 Å². The molecule has 0 radical (unpaired) electrons. The lowest BCUT2D eigenvalue weighted by atomic mass is 10.1. The highest BCUT2D eigenvalue weighted by molar-refractivity contribution is 5.82. The third-order valence-corrected chi connectivity index (χ3v) is 3.17. The van der Waals surface area contributed by atoms with Crippen molar-refractivity contribution in [3.8, 4) is 0 Å². The van der Waals surface area contributed by atoms with Crippen molar-refractivity contribution in [1.82, 2.24) is 5.32 Å². The fourth-order valence-electron chi connectivity index (χ4n) is 1.97. The minimum atomic E-state index is -0.817. The summed E-state index contributed by atoms with van der Waals surface area (Å²) in [5.41, 5.74) is 0. The van der Waals surface area contributed by atoms with Gasteiger partial charge in [0, 0.05) is 12.0 Å². The maximum absolute atomic E-state index is 11.6. The molecule has 0 aromatic heterocycles. The molecule has 15 heavy (non-hydrogen) atoms. The molecule has 0 saturated heterocycles. The molecule has 82 valence electrons. The second-order valence-electron chi connectivity index (χ2n) is 4.50. The van der Waals surface area contributed by atoms with Crippen molar-refractivity contribution >= 4 is 11.9 Å². The summed E-state index contributed by atoms with van der Waals surface area (Å²) in [6.07, 6.45) is 4.89. The Morgan fingerprint density at radius 3 is 2.47 bits per heavy atom. The first kappa shape index (κ1) is 10.2. The van der Waals surface area contributed by atoms with Crippen LogP contribution in [0.3, 0.4) is 0 Å². The highest BCUT2D eigenvalue weighted by atomic mass is 16.4. The van der Waals surface area contributed by atoms with Crippen molar-refractivity contribution in [3.63, 3.8) is 0 Å². The fraction of sp³-hybridized carbons (Fsp3) is 0.636. The minimum absolute atomic E-state index is 0.0724. The van der Waals surface area contributed by atoms with Crippen molar-refractivity contribution in [2.24, 2.45) is 17.8 Å². The zero-order chi connectivity index (χ0) is 11.0. The van der Waals surface area contributed by atoms with Crippen molar-refractivity contribution in [2.75, 3.05) is 0 Å². The van der Waals surface area contributed by atoms with Gasteiger partial charge in [0.25, 0.3) is 0 Å². The van der Waals surface area contributed by atoms with E-state index in [1.165, 1.54) is 0 Å². The second kappa shape index (κ2) is 3.68. The lowest BCUT2D eigenvalue weighted by Gasteiger charge is -2.11. The molecule has 1 saturated carbocycles. The van der Waals surface area contributed by atoms with Crippen LogP contribution in [-0.4, -0.2) is 23.0 Å². The molecule has 2 aliphatic carbocycles. The number of carbonyl (C=O) groups is 2. The van der Waals surface area contributed by atoms with Gasteiger partial charge in [0.15, 0.2) is 0 Å². The molecule has 1 fully saturated rings. The number of aliphatic carboxylic acids is 1. The molecule has 2 rings (SSSR count). The summed E-state index contributed by atoms with van der Waals surface area (Å²) >= 11 is 0. The van der Waals surface area contributed by atoms with Crippen LogP contribution in [0.4, 0.5) is 0 Å². The number of nitrogens with one attached hydrogen (secondary N) is 1. The largest absolute Gasteiger partial charge is 0.481 e. The predicted molar refractivity (Wildman–Crippen MR) is 54.1 cm³/mol. The molecule has 0 aromatic rings. The molecular weight excluding hydrogens is 194 g/mol. The minimum Gasteiger partial charge on any atom is -0.481 e. The van der Waals surface area contributed by atoms with Crippen LogP contribution in [0.25, 0.3) is 0 Å². The first-order chi connectivity index (χ1) is 7.08. The van der Waals surface area contributed by atoms with Gasteiger partial charge in [-0.15, -0.1) is 0 Å². The van der Waals surface area contributed by atoms with E-state index in [4.69, 9.17) is 5.11 Å². The Kier molecular flexibility index (Phi) is 2.50. The Bertz CT molecular complexity index is 324. The molecule has 0 bridgehead atoms. The van der Waals surface area contributed by atoms with Gasteiger partial charge in [-0.1, -0.05) is 19.1 Å². The summed E-state index contributed by atoms with van der Waals surface area (Å²) in [5.74, 6) is -0.536. The van der Waals surface area contributed by atoms with Crippen LogP contribution in [0, 0.1) is 17.8 Å². The highest BCUT2D eigenvalue weighted by Crippen LogP contribution is 2.38. The molecule has 0 aliphatic heterocycles. The molecule has 1 amide bonds. The Hall–Kier alpha value is -1.32. The van der Waals surface area contributed by atoms with E-state index in [-0.39, 0.29) is 17.9 Å². The summed E-state index contributed by atoms with van der Waals surface area (Å²) in [4.78, 5) is 22.2. The van der Waals surface area contributed by atoms with Gasteiger partial charge >= 0.3 is 5.97 Å². The maximum atomic E-state index is 11.6. The predicted octanol–water partition coefficient (Wildman–Crippen LogP) is 0.788. The van der Waals surface area contributed by atoms with Crippen LogP contribution in [0.1, 0.15) is 19.8 Å². The number of carboxylic acids is 1. The monoisotopic (exact) mass is 209 g/mol. The van der Waals surface area contributed by atoms with E-state index >= 15 is 0 Å². The number of hydrogen-bond acceptors (Lipinski definition) is 2. The van der Waals surface area contributed by atoms with Gasteiger partial charge in [-0.3, -0.25) is 9.59 Å². The average Bonchev–Trinajstić information content (AvgIpc) is 2.73. The number of amides is 1. The van der Waals surface area contributed by atoms with Gasteiger partial charge in [-0.2, -0.15) is 0 Å². The van der Waals surface area contributed by atoms with Crippen LogP contribution in [0.2, 0.25) is 0 Å². The quantitative estimate of drug-likeness (QED) is 0.675. The molecule has 4 atom stereocenters. The summed E-state index contributed by atoms with van der Waals surface area (Å²) < 4.78 is 0. The van der Waals surface area contributed by atoms with Crippen molar-refractivity contribution in [3.05, 3.63) is 12.2 Å². The van der Waals surface area contributed by atoms with Crippen LogP contribution in [0.5, 0.6) is 0 Å². The third kappa shape index (κ3) is 2.19. The van der Waals surface area contributed by atoms with Crippen molar-refractivity contribution in [2.45, 2.75) is 25.8 Å². The SMILES string of the molecule is CC1CC1C(=O)NC1C=CC(C(=O)O)C1. The van der Waals surface area contributed by atoms with Gasteiger partial charge in [0.1, 0.15) is 0 Å². The molecule has 2 aliphatic rings. The van der Waals surface area contributed by atoms with Crippen LogP contribution in [0.15, 0.2) is 12.2 Å². The topological polar surface area (TPSA) is 66.4 Å². The van der Waals surface area contributed by atoms with E-state index in [0.717, 1.165) is 6.42 Å². The van der Waals surface area contributed by atoms with Crippen LogP contribution >= 0.6 is 0 Å². The molecule has 4 unspecified atom stereocenters. The molecule has 4 heteroatoms. The van der Waals surface area contributed by atoms with Crippen LogP contribution < -0.4 is 5.32 Å². The molecule has 0 heterocycles. The smallest absolute Gasteiger partial charge is 0.310 e. The molecular formula is C11H15NO3.